The highest BCUT2D eigenvalue weighted by molar-refractivity contribution is 7.13. The minimum atomic E-state index is 0.549. The SMILES string of the molecule is CCCCCCC(C)Nc1nc(CC)cs1. The molecular formula is C13H24N2S. The maximum atomic E-state index is 4.52. The number of hydrogen-bond acceptors (Lipinski definition) is 3. The van der Waals surface area contributed by atoms with Crippen LogP contribution in [0, 0.1) is 0 Å². The second kappa shape index (κ2) is 7.66. The van der Waals surface area contributed by atoms with Crippen molar-refractivity contribution in [2.24, 2.45) is 0 Å². The van der Waals surface area contributed by atoms with E-state index in [-0.39, 0.29) is 0 Å². The van der Waals surface area contributed by atoms with Crippen LogP contribution in [0.5, 0.6) is 0 Å². The second-order valence-corrected chi connectivity index (χ2v) is 5.25. The van der Waals surface area contributed by atoms with Gasteiger partial charge < -0.3 is 5.32 Å². The lowest BCUT2D eigenvalue weighted by Gasteiger charge is -2.12. The fourth-order valence-electron chi connectivity index (χ4n) is 1.70. The quantitative estimate of drug-likeness (QED) is 0.678. The Morgan fingerprint density at radius 3 is 2.75 bits per heavy atom. The number of hydrogen-bond donors (Lipinski definition) is 1. The summed E-state index contributed by atoms with van der Waals surface area (Å²) in [5.74, 6) is 0. The van der Waals surface area contributed by atoms with Crippen LogP contribution >= 0.6 is 11.3 Å². The molecule has 0 amide bonds. The summed E-state index contributed by atoms with van der Waals surface area (Å²) in [6, 6.07) is 0.549. The van der Waals surface area contributed by atoms with E-state index in [0.717, 1.165) is 11.6 Å². The van der Waals surface area contributed by atoms with Crippen LogP contribution in [0.1, 0.15) is 58.6 Å². The van der Waals surface area contributed by atoms with E-state index in [4.69, 9.17) is 0 Å². The highest BCUT2D eigenvalue weighted by atomic mass is 32.1. The Morgan fingerprint density at radius 1 is 1.31 bits per heavy atom. The Bertz CT molecular complexity index is 283. The number of aromatic nitrogens is 1. The molecule has 2 nitrogen and oxygen atoms in total. The molecule has 0 aliphatic heterocycles. The van der Waals surface area contributed by atoms with Crippen LogP contribution in [0.15, 0.2) is 5.38 Å². The van der Waals surface area contributed by atoms with E-state index in [9.17, 15) is 0 Å². The van der Waals surface area contributed by atoms with Gasteiger partial charge in [0.15, 0.2) is 5.13 Å². The molecule has 0 aliphatic carbocycles. The third-order valence-electron chi connectivity index (χ3n) is 2.77. The predicted octanol–water partition coefficient (Wildman–Crippen LogP) is 4.48. The van der Waals surface area contributed by atoms with Crippen molar-refractivity contribution >= 4 is 16.5 Å². The lowest BCUT2D eigenvalue weighted by molar-refractivity contribution is 0.593. The first-order valence-electron chi connectivity index (χ1n) is 6.47. The van der Waals surface area contributed by atoms with E-state index < -0.39 is 0 Å². The van der Waals surface area contributed by atoms with E-state index in [1.165, 1.54) is 37.8 Å². The van der Waals surface area contributed by atoms with Crippen molar-refractivity contribution < 1.29 is 0 Å². The van der Waals surface area contributed by atoms with Gasteiger partial charge in [0.1, 0.15) is 0 Å². The van der Waals surface area contributed by atoms with Crippen molar-refractivity contribution in [1.29, 1.82) is 0 Å². The first-order valence-corrected chi connectivity index (χ1v) is 7.35. The summed E-state index contributed by atoms with van der Waals surface area (Å²) >= 11 is 1.72. The third-order valence-corrected chi connectivity index (χ3v) is 3.60. The van der Waals surface area contributed by atoms with Gasteiger partial charge in [0.25, 0.3) is 0 Å². The molecule has 1 N–H and O–H groups in total. The Labute approximate surface area is 103 Å². The molecule has 1 aromatic rings. The van der Waals surface area contributed by atoms with Crippen molar-refractivity contribution in [3.05, 3.63) is 11.1 Å². The summed E-state index contributed by atoms with van der Waals surface area (Å²) in [5, 5.41) is 6.71. The largest absolute Gasteiger partial charge is 0.359 e. The van der Waals surface area contributed by atoms with Crippen LogP contribution in [-0.4, -0.2) is 11.0 Å². The first kappa shape index (κ1) is 13.5. The van der Waals surface area contributed by atoms with E-state index in [0.29, 0.717) is 6.04 Å². The molecule has 0 spiro atoms. The third kappa shape index (κ3) is 4.97. The molecule has 1 atom stereocenters. The van der Waals surface area contributed by atoms with Crippen molar-refractivity contribution in [3.8, 4) is 0 Å². The van der Waals surface area contributed by atoms with Crippen LogP contribution in [-0.2, 0) is 6.42 Å². The summed E-state index contributed by atoms with van der Waals surface area (Å²) < 4.78 is 0. The van der Waals surface area contributed by atoms with Crippen molar-refractivity contribution in [3.63, 3.8) is 0 Å². The maximum absolute atomic E-state index is 4.52. The zero-order valence-corrected chi connectivity index (χ0v) is 11.6. The van der Waals surface area contributed by atoms with Crippen LogP contribution in [0.25, 0.3) is 0 Å². The van der Waals surface area contributed by atoms with Crippen LogP contribution in [0.4, 0.5) is 5.13 Å². The Morgan fingerprint density at radius 2 is 2.12 bits per heavy atom. The molecule has 0 aromatic carbocycles. The summed E-state index contributed by atoms with van der Waals surface area (Å²) in [5.41, 5.74) is 1.20. The molecule has 0 saturated carbocycles. The number of unbranched alkanes of at least 4 members (excludes halogenated alkanes) is 3. The lowest BCUT2D eigenvalue weighted by atomic mass is 10.1. The Kier molecular flexibility index (Phi) is 6.46. The van der Waals surface area contributed by atoms with E-state index in [2.05, 4.69) is 36.5 Å². The molecule has 1 aromatic heterocycles. The van der Waals surface area contributed by atoms with Gasteiger partial charge in [-0.2, -0.15) is 0 Å². The highest BCUT2D eigenvalue weighted by Crippen LogP contribution is 2.18. The Balaban J connectivity index is 2.20. The molecule has 0 bridgehead atoms. The smallest absolute Gasteiger partial charge is 0.183 e. The lowest BCUT2D eigenvalue weighted by Crippen LogP contribution is -2.14. The molecule has 1 rings (SSSR count). The standard InChI is InChI=1S/C13H24N2S/c1-4-6-7-8-9-11(3)14-13-15-12(5-2)10-16-13/h10-11H,4-9H2,1-3H3,(H,14,15). The van der Waals surface area contributed by atoms with Gasteiger partial charge in [-0.15, -0.1) is 11.3 Å². The van der Waals surface area contributed by atoms with E-state index >= 15 is 0 Å². The number of nitrogens with zero attached hydrogens (tertiary/aromatic N) is 1. The summed E-state index contributed by atoms with van der Waals surface area (Å²) in [4.78, 5) is 4.52. The van der Waals surface area contributed by atoms with Gasteiger partial charge in [-0.1, -0.05) is 39.5 Å². The van der Waals surface area contributed by atoms with E-state index in [1.54, 1.807) is 11.3 Å². The molecule has 3 heteroatoms. The van der Waals surface area contributed by atoms with Crippen LogP contribution in [0.3, 0.4) is 0 Å². The van der Waals surface area contributed by atoms with Gasteiger partial charge in [0.2, 0.25) is 0 Å². The van der Waals surface area contributed by atoms with Crippen LogP contribution in [0.2, 0.25) is 0 Å². The molecule has 0 aliphatic rings. The average Bonchev–Trinajstić information content (AvgIpc) is 2.72. The maximum Gasteiger partial charge on any atom is 0.183 e. The summed E-state index contributed by atoms with van der Waals surface area (Å²) in [6.45, 7) is 6.65. The molecule has 1 unspecified atom stereocenters. The normalized spacial score (nSPS) is 12.7. The molecule has 0 saturated heterocycles. The first-order chi connectivity index (χ1) is 7.76. The number of thiazole rings is 1. The predicted molar refractivity (Wildman–Crippen MR) is 73.3 cm³/mol. The van der Waals surface area contributed by atoms with Gasteiger partial charge in [-0.3, -0.25) is 0 Å². The van der Waals surface area contributed by atoms with Crippen molar-refractivity contribution in [1.82, 2.24) is 4.98 Å². The highest BCUT2D eigenvalue weighted by Gasteiger charge is 2.05. The fourth-order valence-corrected chi connectivity index (χ4v) is 2.60. The molecule has 92 valence electrons. The van der Waals surface area contributed by atoms with Crippen LogP contribution < -0.4 is 5.32 Å². The number of aryl methyl sites for hydroxylation is 1. The monoisotopic (exact) mass is 240 g/mol. The van der Waals surface area contributed by atoms with Crippen molar-refractivity contribution in [2.75, 3.05) is 5.32 Å². The molecule has 1 heterocycles. The number of anilines is 1. The van der Waals surface area contributed by atoms with Gasteiger partial charge in [-0.25, -0.2) is 4.98 Å². The second-order valence-electron chi connectivity index (χ2n) is 4.39. The average molecular weight is 240 g/mol. The molecule has 0 fully saturated rings. The molecule has 16 heavy (non-hydrogen) atoms. The minimum absolute atomic E-state index is 0.549. The van der Waals surface area contributed by atoms with Gasteiger partial charge in [0, 0.05) is 11.4 Å². The topological polar surface area (TPSA) is 24.9 Å². The van der Waals surface area contributed by atoms with Crippen molar-refractivity contribution in [2.45, 2.75) is 65.3 Å². The van der Waals surface area contributed by atoms with Gasteiger partial charge in [-0.05, 0) is 19.8 Å². The Hall–Kier alpha value is -0.570. The minimum Gasteiger partial charge on any atom is -0.359 e. The molecule has 0 radical (unpaired) electrons. The zero-order valence-electron chi connectivity index (χ0n) is 10.8. The zero-order chi connectivity index (χ0) is 11.8. The van der Waals surface area contributed by atoms with E-state index in [1.807, 2.05) is 0 Å². The van der Waals surface area contributed by atoms with Gasteiger partial charge in [0.05, 0.1) is 5.69 Å². The number of rotatable bonds is 8. The number of nitrogens with one attached hydrogen (secondary N) is 1. The summed E-state index contributed by atoms with van der Waals surface area (Å²) in [6.07, 6.45) is 7.65. The molecular weight excluding hydrogens is 216 g/mol. The summed E-state index contributed by atoms with van der Waals surface area (Å²) in [7, 11) is 0. The fraction of sp³-hybridized carbons (Fsp3) is 0.769. The van der Waals surface area contributed by atoms with Gasteiger partial charge >= 0.3 is 0 Å².